The summed E-state index contributed by atoms with van der Waals surface area (Å²) in [4.78, 5) is 11.4. The van der Waals surface area contributed by atoms with Crippen molar-refractivity contribution in [3.63, 3.8) is 0 Å². The summed E-state index contributed by atoms with van der Waals surface area (Å²) in [5.74, 6) is -0.347. The van der Waals surface area contributed by atoms with Crippen LogP contribution in [0, 0.1) is 11.6 Å². The molecule has 0 saturated heterocycles. The molecule has 0 spiro atoms. The van der Waals surface area contributed by atoms with Crippen molar-refractivity contribution in [1.29, 1.82) is 0 Å². The van der Waals surface area contributed by atoms with E-state index >= 15 is 0 Å². The Morgan fingerprint density at radius 2 is 2.18 bits per heavy atom. The third kappa shape index (κ3) is 5.17. The maximum atomic E-state index is 13.2. The molecule has 5 heteroatoms. The number of carbonyl (C=O) groups excluding carboxylic acids is 1. The van der Waals surface area contributed by atoms with Gasteiger partial charge in [0.1, 0.15) is 11.6 Å². The van der Waals surface area contributed by atoms with Gasteiger partial charge in [0.15, 0.2) is 0 Å². The van der Waals surface area contributed by atoms with Crippen LogP contribution in [0.3, 0.4) is 0 Å². The number of carbonyl (C=O) groups is 1. The molecule has 17 heavy (non-hydrogen) atoms. The van der Waals surface area contributed by atoms with E-state index in [0.29, 0.717) is 0 Å². The van der Waals surface area contributed by atoms with Crippen LogP contribution in [0.25, 0.3) is 0 Å². The van der Waals surface area contributed by atoms with E-state index in [9.17, 15) is 13.6 Å². The Hall–Kier alpha value is -1.10. The van der Waals surface area contributed by atoms with Gasteiger partial charge in [-0.15, -0.1) is 0 Å². The van der Waals surface area contributed by atoms with Gasteiger partial charge in [0, 0.05) is 6.07 Å². The fraction of sp³-hybridized carbons (Fsp3) is 0.417. The number of benzene rings is 1. The smallest absolute Gasteiger partial charge is 0.234 e. The first kappa shape index (κ1) is 14.0. The van der Waals surface area contributed by atoms with Gasteiger partial charge in [0.05, 0.1) is 11.4 Å². The zero-order valence-corrected chi connectivity index (χ0v) is 10.4. The zero-order valence-electron chi connectivity index (χ0n) is 9.63. The van der Waals surface area contributed by atoms with Gasteiger partial charge in [-0.1, -0.05) is 13.3 Å². The molecular weight excluding hydrogens is 244 g/mol. The predicted molar refractivity (Wildman–Crippen MR) is 67.2 cm³/mol. The molecule has 1 amide bonds. The highest BCUT2D eigenvalue weighted by atomic mass is 32.2. The van der Waals surface area contributed by atoms with Gasteiger partial charge in [0.2, 0.25) is 5.91 Å². The number of thioether (sulfide) groups is 1. The van der Waals surface area contributed by atoms with E-state index in [4.69, 9.17) is 0 Å². The quantitative estimate of drug-likeness (QED) is 0.793. The minimum Gasteiger partial charge on any atom is -0.323 e. The lowest BCUT2D eigenvalue weighted by Crippen LogP contribution is -2.15. The zero-order chi connectivity index (χ0) is 12.7. The summed E-state index contributed by atoms with van der Waals surface area (Å²) in [6.45, 7) is 2.07. The molecule has 94 valence electrons. The molecule has 0 radical (unpaired) electrons. The highest BCUT2D eigenvalue weighted by Crippen LogP contribution is 2.15. The lowest BCUT2D eigenvalue weighted by molar-refractivity contribution is -0.113. The molecular formula is C12H15F2NOS. The SMILES string of the molecule is CCCCSCC(=O)Nc1cc(F)ccc1F. The van der Waals surface area contributed by atoms with E-state index in [1.54, 1.807) is 0 Å². The number of amides is 1. The largest absolute Gasteiger partial charge is 0.323 e. The van der Waals surface area contributed by atoms with Crippen LogP contribution in [-0.2, 0) is 4.79 Å². The van der Waals surface area contributed by atoms with Crippen molar-refractivity contribution < 1.29 is 13.6 Å². The minimum absolute atomic E-state index is 0.105. The van der Waals surface area contributed by atoms with Crippen LogP contribution in [0.15, 0.2) is 18.2 Å². The Kier molecular flexibility index (Phi) is 5.97. The van der Waals surface area contributed by atoms with E-state index in [0.717, 1.165) is 36.8 Å². The summed E-state index contributed by atoms with van der Waals surface area (Å²) in [6.07, 6.45) is 2.12. The second-order valence-corrected chi connectivity index (χ2v) is 4.68. The van der Waals surface area contributed by atoms with E-state index in [1.807, 2.05) is 0 Å². The molecule has 0 bridgehead atoms. The number of halogens is 2. The Balaban J connectivity index is 2.42. The molecule has 0 heterocycles. The molecule has 0 aromatic heterocycles. The number of unbranched alkanes of at least 4 members (excludes halogenated alkanes) is 1. The van der Waals surface area contributed by atoms with Crippen LogP contribution < -0.4 is 5.32 Å². The first-order valence-corrected chi connectivity index (χ1v) is 6.61. The molecule has 0 aliphatic carbocycles. The third-order valence-corrected chi connectivity index (χ3v) is 3.12. The highest BCUT2D eigenvalue weighted by molar-refractivity contribution is 7.99. The van der Waals surface area contributed by atoms with Crippen LogP contribution in [0.5, 0.6) is 0 Å². The Morgan fingerprint density at radius 3 is 2.88 bits per heavy atom. The summed E-state index contributed by atoms with van der Waals surface area (Å²) in [7, 11) is 0. The van der Waals surface area contributed by atoms with Crippen molar-refractivity contribution in [3.05, 3.63) is 29.8 Å². The maximum Gasteiger partial charge on any atom is 0.234 e. The summed E-state index contributed by atoms with van der Waals surface area (Å²) < 4.78 is 26.0. The van der Waals surface area contributed by atoms with Crippen molar-refractivity contribution >= 4 is 23.4 Å². The lowest BCUT2D eigenvalue weighted by atomic mass is 10.3. The Labute approximate surface area is 104 Å². The van der Waals surface area contributed by atoms with E-state index in [2.05, 4.69) is 12.2 Å². The molecule has 0 fully saturated rings. The van der Waals surface area contributed by atoms with Gasteiger partial charge in [-0.05, 0) is 24.3 Å². The molecule has 2 nitrogen and oxygen atoms in total. The Bertz CT molecular complexity index is 385. The van der Waals surface area contributed by atoms with E-state index in [-0.39, 0.29) is 17.3 Å². The average Bonchev–Trinajstić information content (AvgIpc) is 2.29. The van der Waals surface area contributed by atoms with Crippen LogP contribution in [-0.4, -0.2) is 17.4 Å². The fourth-order valence-electron chi connectivity index (χ4n) is 1.19. The molecule has 0 saturated carbocycles. The fourth-order valence-corrected chi connectivity index (χ4v) is 2.09. The van der Waals surface area contributed by atoms with Crippen LogP contribution >= 0.6 is 11.8 Å². The van der Waals surface area contributed by atoms with Crippen molar-refractivity contribution in [3.8, 4) is 0 Å². The summed E-state index contributed by atoms with van der Waals surface area (Å²) in [5.41, 5.74) is -0.105. The summed E-state index contributed by atoms with van der Waals surface area (Å²) in [5, 5.41) is 2.35. The first-order valence-electron chi connectivity index (χ1n) is 5.46. The summed E-state index contributed by atoms with van der Waals surface area (Å²) >= 11 is 1.49. The summed E-state index contributed by atoms with van der Waals surface area (Å²) in [6, 6.07) is 2.99. The monoisotopic (exact) mass is 259 g/mol. The van der Waals surface area contributed by atoms with Crippen molar-refractivity contribution in [2.24, 2.45) is 0 Å². The van der Waals surface area contributed by atoms with Crippen LogP contribution in [0.1, 0.15) is 19.8 Å². The third-order valence-electron chi connectivity index (χ3n) is 2.08. The number of hydrogen-bond acceptors (Lipinski definition) is 2. The van der Waals surface area contributed by atoms with Gasteiger partial charge in [-0.3, -0.25) is 4.79 Å². The number of rotatable bonds is 6. The molecule has 1 aromatic rings. The molecule has 1 rings (SSSR count). The average molecular weight is 259 g/mol. The van der Waals surface area contributed by atoms with Crippen molar-refractivity contribution in [1.82, 2.24) is 0 Å². The minimum atomic E-state index is -0.627. The molecule has 0 aliphatic rings. The van der Waals surface area contributed by atoms with Gasteiger partial charge in [-0.25, -0.2) is 8.78 Å². The van der Waals surface area contributed by atoms with E-state index < -0.39 is 11.6 Å². The van der Waals surface area contributed by atoms with Crippen molar-refractivity contribution in [2.75, 3.05) is 16.8 Å². The second kappa shape index (κ2) is 7.27. The van der Waals surface area contributed by atoms with Gasteiger partial charge < -0.3 is 5.32 Å². The van der Waals surface area contributed by atoms with E-state index in [1.165, 1.54) is 11.8 Å². The maximum absolute atomic E-state index is 13.2. The van der Waals surface area contributed by atoms with Crippen LogP contribution in [0.4, 0.5) is 14.5 Å². The van der Waals surface area contributed by atoms with Gasteiger partial charge >= 0.3 is 0 Å². The normalized spacial score (nSPS) is 10.3. The highest BCUT2D eigenvalue weighted by Gasteiger charge is 2.07. The number of hydrogen-bond donors (Lipinski definition) is 1. The topological polar surface area (TPSA) is 29.1 Å². The molecule has 1 N–H and O–H groups in total. The van der Waals surface area contributed by atoms with Gasteiger partial charge in [-0.2, -0.15) is 11.8 Å². The molecule has 1 aromatic carbocycles. The lowest BCUT2D eigenvalue weighted by Gasteiger charge is -2.06. The first-order chi connectivity index (χ1) is 8.13. The number of nitrogens with one attached hydrogen (secondary N) is 1. The molecule has 0 aliphatic heterocycles. The standard InChI is InChI=1S/C12H15F2NOS/c1-2-3-6-17-8-12(16)15-11-7-9(13)4-5-10(11)14/h4-5,7H,2-3,6,8H2,1H3,(H,15,16). The Morgan fingerprint density at radius 1 is 1.41 bits per heavy atom. The second-order valence-electron chi connectivity index (χ2n) is 3.58. The van der Waals surface area contributed by atoms with Crippen LogP contribution in [0.2, 0.25) is 0 Å². The molecule has 0 unspecified atom stereocenters. The van der Waals surface area contributed by atoms with Gasteiger partial charge in [0.25, 0.3) is 0 Å². The molecule has 0 atom stereocenters. The number of anilines is 1. The predicted octanol–water partition coefficient (Wildman–Crippen LogP) is 3.44. The van der Waals surface area contributed by atoms with Crippen molar-refractivity contribution in [2.45, 2.75) is 19.8 Å².